The van der Waals surface area contributed by atoms with E-state index in [1.54, 1.807) is 14.2 Å². The topological polar surface area (TPSA) is 50.8 Å². The molecule has 0 unspecified atom stereocenters. The summed E-state index contributed by atoms with van der Waals surface area (Å²) in [7, 11) is 3.21. The molecule has 0 atom stereocenters. The number of alkyl halides is 3. The third-order valence-electron chi connectivity index (χ3n) is 4.99. The van der Waals surface area contributed by atoms with Crippen LogP contribution in [-0.2, 0) is 19.1 Å². The molecule has 0 radical (unpaired) electrons. The summed E-state index contributed by atoms with van der Waals surface area (Å²) in [4.78, 5) is 14.4. The van der Waals surface area contributed by atoms with E-state index in [-0.39, 0.29) is 11.5 Å². The van der Waals surface area contributed by atoms with Crippen LogP contribution in [0, 0.1) is 0 Å². The number of fused-ring (bicyclic) bond motifs is 1. The molecule has 0 aromatic heterocycles. The molecule has 0 fully saturated rings. The second-order valence-corrected chi connectivity index (χ2v) is 6.83. The molecule has 5 nitrogen and oxygen atoms in total. The highest BCUT2D eigenvalue weighted by Crippen LogP contribution is 2.33. The SMILES string of the molecule is COc1cc2c(cc1OC)CN(CCNC(=O)c1ccc(C(F)(F)F)cc1)CC2. The van der Waals surface area contributed by atoms with Crippen LogP contribution in [0.1, 0.15) is 27.0 Å². The fraction of sp³-hybridized carbons (Fsp3) is 0.381. The van der Waals surface area contributed by atoms with Crippen molar-refractivity contribution in [1.82, 2.24) is 10.2 Å². The molecule has 0 spiro atoms. The fourth-order valence-electron chi connectivity index (χ4n) is 3.37. The van der Waals surface area contributed by atoms with E-state index in [2.05, 4.69) is 10.2 Å². The van der Waals surface area contributed by atoms with Crippen molar-refractivity contribution in [3.05, 3.63) is 58.7 Å². The van der Waals surface area contributed by atoms with Gasteiger partial charge in [-0.05, 0) is 53.9 Å². The number of hydrogen-bond donors (Lipinski definition) is 1. The van der Waals surface area contributed by atoms with Gasteiger partial charge in [-0.15, -0.1) is 0 Å². The van der Waals surface area contributed by atoms with Crippen LogP contribution < -0.4 is 14.8 Å². The van der Waals surface area contributed by atoms with Crippen molar-refractivity contribution in [3.63, 3.8) is 0 Å². The number of carbonyl (C=O) groups excluding carboxylic acids is 1. The molecular formula is C21H23F3N2O3. The summed E-state index contributed by atoms with van der Waals surface area (Å²) >= 11 is 0. The second kappa shape index (κ2) is 8.73. The Morgan fingerprint density at radius 1 is 1.07 bits per heavy atom. The molecule has 156 valence electrons. The number of ether oxygens (including phenoxy) is 2. The van der Waals surface area contributed by atoms with Crippen LogP contribution in [0.2, 0.25) is 0 Å². The minimum absolute atomic E-state index is 0.207. The second-order valence-electron chi connectivity index (χ2n) is 6.83. The number of methoxy groups -OCH3 is 2. The number of hydrogen-bond acceptors (Lipinski definition) is 4. The first kappa shape index (κ1) is 21.0. The molecule has 0 saturated heterocycles. The largest absolute Gasteiger partial charge is 0.493 e. The van der Waals surface area contributed by atoms with Crippen LogP contribution in [0.3, 0.4) is 0 Å². The van der Waals surface area contributed by atoms with Crippen LogP contribution in [-0.4, -0.2) is 44.7 Å². The predicted octanol–water partition coefficient (Wildman–Crippen LogP) is 3.51. The van der Waals surface area contributed by atoms with Crippen molar-refractivity contribution in [1.29, 1.82) is 0 Å². The molecule has 29 heavy (non-hydrogen) atoms. The summed E-state index contributed by atoms with van der Waals surface area (Å²) in [6, 6.07) is 8.18. The number of carbonyl (C=O) groups is 1. The smallest absolute Gasteiger partial charge is 0.416 e. The summed E-state index contributed by atoms with van der Waals surface area (Å²) in [6.07, 6.45) is -3.55. The molecule has 1 aliphatic heterocycles. The molecule has 1 amide bonds. The van der Waals surface area contributed by atoms with Crippen molar-refractivity contribution >= 4 is 5.91 Å². The Hall–Kier alpha value is -2.74. The molecule has 8 heteroatoms. The van der Waals surface area contributed by atoms with Gasteiger partial charge in [0.2, 0.25) is 0 Å². The molecule has 3 rings (SSSR count). The molecule has 0 aliphatic carbocycles. The van der Waals surface area contributed by atoms with Crippen molar-refractivity contribution in [2.75, 3.05) is 33.9 Å². The standard InChI is InChI=1S/C21H23F3N2O3/c1-28-18-11-15-7-9-26(13-16(15)12-19(18)29-2)10-8-25-20(27)14-3-5-17(6-4-14)21(22,23)24/h3-6,11-12H,7-10,13H2,1-2H3,(H,25,27). The lowest BCUT2D eigenvalue weighted by molar-refractivity contribution is -0.137. The summed E-state index contributed by atoms with van der Waals surface area (Å²) in [6.45, 7) is 2.62. The van der Waals surface area contributed by atoms with E-state index in [4.69, 9.17) is 9.47 Å². The highest BCUT2D eigenvalue weighted by Gasteiger charge is 2.30. The summed E-state index contributed by atoms with van der Waals surface area (Å²) in [5.74, 6) is 1.01. The minimum atomic E-state index is -4.41. The predicted molar refractivity (Wildman–Crippen MR) is 102 cm³/mol. The van der Waals surface area contributed by atoms with E-state index in [1.807, 2.05) is 12.1 Å². The van der Waals surface area contributed by atoms with Gasteiger partial charge in [0, 0.05) is 31.7 Å². The Morgan fingerprint density at radius 3 is 2.28 bits per heavy atom. The molecule has 1 heterocycles. The van der Waals surface area contributed by atoms with E-state index in [0.717, 1.165) is 37.2 Å². The Kier molecular flexibility index (Phi) is 6.32. The molecule has 2 aromatic carbocycles. The quantitative estimate of drug-likeness (QED) is 0.795. The van der Waals surface area contributed by atoms with Crippen LogP contribution in [0.15, 0.2) is 36.4 Å². The number of rotatable bonds is 6. The maximum absolute atomic E-state index is 12.6. The van der Waals surface area contributed by atoms with Gasteiger partial charge in [0.1, 0.15) is 0 Å². The van der Waals surface area contributed by atoms with Gasteiger partial charge in [-0.2, -0.15) is 13.2 Å². The maximum atomic E-state index is 12.6. The van der Waals surface area contributed by atoms with Gasteiger partial charge in [-0.3, -0.25) is 9.69 Å². The molecule has 1 aliphatic rings. The van der Waals surface area contributed by atoms with Crippen LogP contribution in [0.5, 0.6) is 11.5 Å². The van der Waals surface area contributed by atoms with Crippen molar-refractivity contribution < 1.29 is 27.4 Å². The minimum Gasteiger partial charge on any atom is -0.493 e. The Balaban J connectivity index is 1.53. The van der Waals surface area contributed by atoms with E-state index in [0.29, 0.717) is 24.6 Å². The number of nitrogens with zero attached hydrogens (tertiary/aromatic N) is 1. The Morgan fingerprint density at radius 2 is 1.69 bits per heavy atom. The number of halogens is 3. The fourth-order valence-corrected chi connectivity index (χ4v) is 3.37. The van der Waals surface area contributed by atoms with Crippen LogP contribution in [0.4, 0.5) is 13.2 Å². The van der Waals surface area contributed by atoms with Gasteiger partial charge in [0.25, 0.3) is 5.91 Å². The van der Waals surface area contributed by atoms with Gasteiger partial charge in [0.05, 0.1) is 19.8 Å². The van der Waals surface area contributed by atoms with Gasteiger partial charge < -0.3 is 14.8 Å². The lowest BCUT2D eigenvalue weighted by atomic mass is 9.99. The van der Waals surface area contributed by atoms with Crippen LogP contribution in [0.25, 0.3) is 0 Å². The third kappa shape index (κ3) is 5.00. The first-order valence-electron chi connectivity index (χ1n) is 9.23. The lowest BCUT2D eigenvalue weighted by Crippen LogP contribution is -2.37. The van der Waals surface area contributed by atoms with Gasteiger partial charge in [0.15, 0.2) is 11.5 Å². The van der Waals surface area contributed by atoms with Crippen molar-refractivity contribution in [2.45, 2.75) is 19.1 Å². The number of benzene rings is 2. The Bertz CT molecular complexity index is 867. The van der Waals surface area contributed by atoms with Crippen molar-refractivity contribution in [3.8, 4) is 11.5 Å². The Labute approximate surface area is 167 Å². The van der Waals surface area contributed by atoms with E-state index in [1.165, 1.54) is 17.7 Å². The monoisotopic (exact) mass is 408 g/mol. The van der Waals surface area contributed by atoms with E-state index in [9.17, 15) is 18.0 Å². The van der Waals surface area contributed by atoms with Crippen LogP contribution >= 0.6 is 0 Å². The average molecular weight is 408 g/mol. The van der Waals surface area contributed by atoms with E-state index < -0.39 is 11.7 Å². The highest BCUT2D eigenvalue weighted by molar-refractivity contribution is 5.94. The van der Waals surface area contributed by atoms with Crippen molar-refractivity contribution in [2.24, 2.45) is 0 Å². The zero-order valence-corrected chi connectivity index (χ0v) is 16.3. The third-order valence-corrected chi connectivity index (χ3v) is 4.99. The zero-order chi connectivity index (χ0) is 21.0. The summed E-state index contributed by atoms with van der Waals surface area (Å²) in [5, 5.41) is 2.76. The zero-order valence-electron chi connectivity index (χ0n) is 16.3. The first-order chi connectivity index (χ1) is 13.8. The average Bonchev–Trinajstić information content (AvgIpc) is 2.72. The lowest BCUT2D eigenvalue weighted by Gasteiger charge is -2.29. The van der Waals surface area contributed by atoms with Gasteiger partial charge in [-0.1, -0.05) is 0 Å². The molecule has 2 aromatic rings. The summed E-state index contributed by atoms with van der Waals surface area (Å²) in [5.41, 5.74) is 1.81. The highest BCUT2D eigenvalue weighted by atomic mass is 19.4. The number of nitrogens with one attached hydrogen (secondary N) is 1. The normalized spacial score (nSPS) is 14.2. The maximum Gasteiger partial charge on any atom is 0.416 e. The summed E-state index contributed by atoms with van der Waals surface area (Å²) < 4.78 is 48.5. The van der Waals surface area contributed by atoms with Gasteiger partial charge >= 0.3 is 6.18 Å². The molecule has 0 bridgehead atoms. The number of amides is 1. The molecule has 1 N–H and O–H groups in total. The molecule has 0 saturated carbocycles. The van der Waals surface area contributed by atoms with E-state index >= 15 is 0 Å². The first-order valence-corrected chi connectivity index (χ1v) is 9.23. The van der Waals surface area contributed by atoms with Gasteiger partial charge in [-0.25, -0.2) is 0 Å². The molecular weight excluding hydrogens is 385 g/mol.